The Labute approximate surface area is 103 Å². The van der Waals surface area contributed by atoms with E-state index < -0.39 is 4.92 Å². The van der Waals surface area contributed by atoms with Crippen LogP contribution in [0.2, 0.25) is 0 Å². The van der Waals surface area contributed by atoms with Gasteiger partial charge in [0.25, 0.3) is 5.69 Å². The monoisotopic (exact) mass is 242 g/mol. The number of hydrogen-bond acceptors (Lipinski definition) is 4. The second kappa shape index (κ2) is 5.15. The van der Waals surface area contributed by atoms with Crippen LogP contribution in [-0.2, 0) is 6.42 Å². The van der Waals surface area contributed by atoms with Crippen LogP contribution in [0, 0.1) is 21.4 Å². The Balaban J connectivity index is 2.18. The molecule has 0 radical (unpaired) electrons. The Bertz CT molecular complexity index is 567. The number of nitro groups is 1. The molecular weight excluding hydrogens is 232 g/mol. The summed E-state index contributed by atoms with van der Waals surface area (Å²) >= 11 is 0. The second-order valence-electron chi connectivity index (χ2n) is 3.81. The fourth-order valence-electron chi connectivity index (χ4n) is 1.70. The molecule has 5 nitrogen and oxygen atoms in total. The minimum atomic E-state index is -0.461. The molecule has 18 heavy (non-hydrogen) atoms. The van der Waals surface area contributed by atoms with Crippen molar-refractivity contribution < 1.29 is 9.34 Å². The van der Waals surface area contributed by atoms with Crippen LogP contribution in [0.25, 0.3) is 0 Å². The first-order valence-electron chi connectivity index (χ1n) is 5.37. The van der Waals surface area contributed by atoms with Crippen molar-refractivity contribution in [2.45, 2.75) is 12.3 Å². The zero-order valence-electron chi connectivity index (χ0n) is 9.45. The van der Waals surface area contributed by atoms with Gasteiger partial charge in [0.05, 0.1) is 23.2 Å². The van der Waals surface area contributed by atoms with Crippen LogP contribution in [-0.4, -0.2) is 4.92 Å². The number of rotatable bonds is 4. The molecule has 0 saturated heterocycles. The number of nitro benzene ring substituents is 1. The van der Waals surface area contributed by atoms with E-state index in [4.69, 9.17) is 9.68 Å². The number of nitrogens with zero attached hydrogens (tertiary/aromatic N) is 2. The summed E-state index contributed by atoms with van der Waals surface area (Å²) in [6.45, 7) is 0. The van der Waals surface area contributed by atoms with Crippen LogP contribution < -0.4 is 0 Å². The van der Waals surface area contributed by atoms with Crippen LogP contribution in [0.1, 0.15) is 17.2 Å². The van der Waals surface area contributed by atoms with E-state index in [9.17, 15) is 10.1 Å². The number of nitriles is 1. The Morgan fingerprint density at radius 1 is 1.33 bits per heavy atom. The lowest BCUT2D eigenvalue weighted by atomic mass is 9.96. The van der Waals surface area contributed by atoms with Crippen LogP contribution >= 0.6 is 0 Å². The van der Waals surface area contributed by atoms with Gasteiger partial charge in [-0.05, 0) is 17.7 Å². The molecule has 0 aliphatic rings. The minimum Gasteiger partial charge on any atom is -0.469 e. The molecular formula is C13H10N2O3. The van der Waals surface area contributed by atoms with E-state index in [-0.39, 0.29) is 11.6 Å². The molecule has 0 aliphatic heterocycles. The molecule has 0 fully saturated rings. The maximum atomic E-state index is 10.5. The number of hydrogen-bond donors (Lipinski definition) is 0. The third-order valence-corrected chi connectivity index (χ3v) is 2.65. The Morgan fingerprint density at radius 3 is 2.56 bits per heavy atom. The fourth-order valence-corrected chi connectivity index (χ4v) is 1.70. The highest BCUT2D eigenvalue weighted by Gasteiger charge is 2.14. The largest absolute Gasteiger partial charge is 0.469 e. The van der Waals surface area contributed by atoms with Gasteiger partial charge in [-0.2, -0.15) is 5.26 Å². The molecule has 0 aliphatic carbocycles. The highest BCUT2D eigenvalue weighted by molar-refractivity contribution is 5.36. The van der Waals surface area contributed by atoms with Gasteiger partial charge in [-0.25, -0.2) is 0 Å². The van der Waals surface area contributed by atoms with Gasteiger partial charge in [0, 0.05) is 18.6 Å². The van der Waals surface area contributed by atoms with Crippen LogP contribution in [0.15, 0.2) is 47.1 Å². The maximum Gasteiger partial charge on any atom is 0.269 e. The predicted molar refractivity (Wildman–Crippen MR) is 63.9 cm³/mol. The lowest BCUT2D eigenvalue weighted by Gasteiger charge is -2.07. The third-order valence-electron chi connectivity index (χ3n) is 2.65. The first-order valence-corrected chi connectivity index (χ1v) is 5.37. The highest BCUT2D eigenvalue weighted by atomic mass is 16.6. The molecule has 1 heterocycles. The minimum absolute atomic E-state index is 0.0217. The molecule has 1 atom stereocenters. The summed E-state index contributed by atoms with van der Waals surface area (Å²) in [5, 5.41) is 19.7. The van der Waals surface area contributed by atoms with Crippen LogP contribution in [0.5, 0.6) is 0 Å². The molecule has 2 rings (SSSR count). The highest BCUT2D eigenvalue weighted by Crippen LogP contribution is 2.22. The molecule has 0 unspecified atom stereocenters. The standard InChI is InChI=1S/C13H10N2O3/c14-9-11(8-13-2-1-7-18-13)10-3-5-12(6-4-10)15(16)17/h1-7,11H,8H2/t11-/m1/s1. The van der Waals surface area contributed by atoms with E-state index in [1.54, 1.807) is 30.5 Å². The van der Waals surface area contributed by atoms with Crippen molar-refractivity contribution in [2.24, 2.45) is 0 Å². The quantitative estimate of drug-likeness (QED) is 0.609. The zero-order valence-corrected chi connectivity index (χ0v) is 9.45. The van der Waals surface area contributed by atoms with E-state index in [0.717, 1.165) is 11.3 Å². The molecule has 2 aromatic rings. The Kier molecular flexibility index (Phi) is 3.39. The first-order chi connectivity index (χ1) is 8.70. The Hall–Kier alpha value is -2.61. The summed E-state index contributed by atoms with van der Waals surface area (Å²) in [6.07, 6.45) is 2.01. The average Bonchev–Trinajstić information content (AvgIpc) is 2.89. The van der Waals surface area contributed by atoms with Crippen molar-refractivity contribution in [2.75, 3.05) is 0 Å². The van der Waals surface area contributed by atoms with Gasteiger partial charge in [0.1, 0.15) is 5.76 Å². The molecule has 1 aromatic heterocycles. The van der Waals surface area contributed by atoms with Crippen molar-refractivity contribution in [1.29, 1.82) is 5.26 Å². The summed E-state index contributed by atoms with van der Waals surface area (Å²) in [6, 6.07) is 11.8. The smallest absolute Gasteiger partial charge is 0.269 e. The van der Waals surface area contributed by atoms with Crippen molar-refractivity contribution >= 4 is 5.69 Å². The molecule has 1 aromatic carbocycles. The van der Waals surface area contributed by atoms with Gasteiger partial charge >= 0.3 is 0 Å². The predicted octanol–water partition coefficient (Wildman–Crippen LogP) is 3.04. The van der Waals surface area contributed by atoms with Crippen molar-refractivity contribution in [3.8, 4) is 6.07 Å². The summed E-state index contributed by atoms with van der Waals surface area (Å²) in [5.41, 5.74) is 0.771. The van der Waals surface area contributed by atoms with E-state index in [1.165, 1.54) is 12.1 Å². The molecule has 90 valence electrons. The van der Waals surface area contributed by atoms with E-state index in [2.05, 4.69) is 6.07 Å². The number of furan rings is 1. The average molecular weight is 242 g/mol. The van der Waals surface area contributed by atoms with Gasteiger partial charge in [0.15, 0.2) is 0 Å². The van der Waals surface area contributed by atoms with Crippen LogP contribution in [0.4, 0.5) is 5.69 Å². The summed E-state index contributed by atoms with van der Waals surface area (Å²) in [4.78, 5) is 10.1. The molecule has 0 amide bonds. The Morgan fingerprint density at radius 2 is 2.06 bits per heavy atom. The summed E-state index contributed by atoms with van der Waals surface area (Å²) < 4.78 is 5.19. The summed E-state index contributed by atoms with van der Waals surface area (Å²) in [5.74, 6) is 0.358. The molecule has 0 spiro atoms. The normalized spacial score (nSPS) is 11.7. The molecule has 0 bridgehead atoms. The van der Waals surface area contributed by atoms with Gasteiger partial charge in [0.2, 0.25) is 0 Å². The maximum absolute atomic E-state index is 10.5. The zero-order chi connectivity index (χ0) is 13.0. The molecule has 5 heteroatoms. The fraction of sp³-hybridized carbons (Fsp3) is 0.154. The van der Waals surface area contributed by atoms with Crippen molar-refractivity contribution in [3.05, 3.63) is 64.1 Å². The second-order valence-corrected chi connectivity index (χ2v) is 3.81. The van der Waals surface area contributed by atoms with E-state index in [1.807, 2.05) is 0 Å². The van der Waals surface area contributed by atoms with Crippen LogP contribution in [0.3, 0.4) is 0 Å². The topological polar surface area (TPSA) is 80.1 Å². The molecule has 0 saturated carbocycles. The lowest BCUT2D eigenvalue weighted by Crippen LogP contribution is -2.00. The SMILES string of the molecule is N#C[C@@H](Cc1ccco1)c1ccc([N+](=O)[O-])cc1. The number of benzene rings is 1. The van der Waals surface area contributed by atoms with Crippen molar-refractivity contribution in [1.82, 2.24) is 0 Å². The van der Waals surface area contributed by atoms with E-state index in [0.29, 0.717) is 6.42 Å². The van der Waals surface area contributed by atoms with E-state index >= 15 is 0 Å². The molecule has 0 N–H and O–H groups in total. The van der Waals surface area contributed by atoms with Gasteiger partial charge in [-0.1, -0.05) is 12.1 Å². The summed E-state index contributed by atoms with van der Waals surface area (Å²) in [7, 11) is 0. The van der Waals surface area contributed by atoms with Crippen molar-refractivity contribution in [3.63, 3.8) is 0 Å². The lowest BCUT2D eigenvalue weighted by molar-refractivity contribution is -0.384. The third kappa shape index (κ3) is 2.55. The number of non-ortho nitro benzene ring substituents is 1. The van der Waals surface area contributed by atoms with Gasteiger partial charge < -0.3 is 4.42 Å². The first kappa shape index (κ1) is 11.9. The van der Waals surface area contributed by atoms with Gasteiger partial charge in [-0.3, -0.25) is 10.1 Å². The van der Waals surface area contributed by atoms with Gasteiger partial charge in [-0.15, -0.1) is 0 Å².